The molecule has 10 heteroatoms. The summed E-state index contributed by atoms with van der Waals surface area (Å²) in [6.45, 7) is 0. The number of hydrogen-bond donors (Lipinski definition) is 1. The Bertz CT molecular complexity index is 1200. The lowest BCUT2D eigenvalue weighted by molar-refractivity contribution is -0.113. The molecule has 0 unspecified atom stereocenters. The monoisotopic (exact) mass is 477 g/mol. The van der Waals surface area contributed by atoms with Gasteiger partial charge in [0.2, 0.25) is 11.0 Å². The Labute approximate surface area is 199 Å². The zero-order valence-electron chi connectivity index (χ0n) is 17.9. The number of nitrogens with one attached hydrogen (secondary N) is 1. The van der Waals surface area contributed by atoms with Gasteiger partial charge in [0.05, 0.1) is 5.75 Å². The van der Waals surface area contributed by atoms with Gasteiger partial charge in [-0.05, 0) is 25.0 Å². The van der Waals surface area contributed by atoms with Gasteiger partial charge < -0.3 is 0 Å². The van der Waals surface area contributed by atoms with Gasteiger partial charge in [0.25, 0.3) is 0 Å². The van der Waals surface area contributed by atoms with Crippen molar-refractivity contribution >= 4 is 34.1 Å². The number of nitrogens with zero attached hydrogens (tertiary/aromatic N) is 6. The van der Waals surface area contributed by atoms with Crippen LogP contribution in [0.5, 0.6) is 0 Å². The van der Waals surface area contributed by atoms with Crippen LogP contribution in [0.1, 0.15) is 38.1 Å². The summed E-state index contributed by atoms with van der Waals surface area (Å²) in [7, 11) is 0. The molecule has 33 heavy (non-hydrogen) atoms. The van der Waals surface area contributed by atoms with Crippen LogP contribution in [0.15, 0.2) is 60.0 Å². The van der Waals surface area contributed by atoms with Crippen molar-refractivity contribution in [2.45, 2.75) is 43.3 Å². The lowest BCUT2D eigenvalue weighted by Gasteiger charge is -2.25. The first-order valence-corrected chi connectivity index (χ1v) is 12.7. The van der Waals surface area contributed by atoms with E-state index in [0.717, 1.165) is 40.0 Å². The molecule has 1 N–H and O–H groups in total. The summed E-state index contributed by atoms with van der Waals surface area (Å²) in [5, 5.41) is 22.1. The molecule has 0 aliphatic heterocycles. The Morgan fingerprint density at radius 1 is 0.970 bits per heavy atom. The van der Waals surface area contributed by atoms with E-state index in [1.807, 2.05) is 42.5 Å². The second-order valence-corrected chi connectivity index (χ2v) is 9.74. The molecular weight excluding hydrogens is 454 g/mol. The first kappa shape index (κ1) is 21.7. The van der Waals surface area contributed by atoms with Crippen LogP contribution >= 0.6 is 23.1 Å². The maximum Gasteiger partial charge on any atom is 0.236 e. The van der Waals surface area contributed by atoms with Crippen molar-refractivity contribution in [3.8, 4) is 22.0 Å². The predicted octanol–water partition coefficient (Wildman–Crippen LogP) is 5.09. The van der Waals surface area contributed by atoms with E-state index in [4.69, 9.17) is 0 Å². The van der Waals surface area contributed by atoms with Gasteiger partial charge >= 0.3 is 0 Å². The molecule has 5 rings (SSSR count). The number of anilines is 1. The highest BCUT2D eigenvalue weighted by Crippen LogP contribution is 2.35. The summed E-state index contributed by atoms with van der Waals surface area (Å²) in [6.07, 6.45) is 9.39. The van der Waals surface area contributed by atoms with Crippen molar-refractivity contribution in [1.82, 2.24) is 29.9 Å². The number of carbonyl (C=O) groups is 1. The molecular formula is C23H23N7OS2. The van der Waals surface area contributed by atoms with E-state index < -0.39 is 0 Å². The number of benzene rings is 1. The van der Waals surface area contributed by atoms with Crippen LogP contribution in [-0.4, -0.2) is 41.6 Å². The number of pyridine rings is 1. The molecule has 0 saturated heterocycles. The van der Waals surface area contributed by atoms with Crippen LogP contribution in [0.25, 0.3) is 22.0 Å². The minimum Gasteiger partial charge on any atom is -0.300 e. The van der Waals surface area contributed by atoms with E-state index in [-0.39, 0.29) is 11.7 Å². The number of rotatable bonds is 7. The van der Waals surface area contributed by atoms with Gasteiger partial charge in [-0.15, -0.1) is 20.4 Å². The molecule has 0 radical (unpaired) electrons. The number of carbonyl (C=O) groups excluding carboxylic acids is 1. The minimum atomic E-state index is -0.139. The molecule has 0 spiro atoms. The zero-order chi connectivity index (χ0) is 22.5. The van der Waals surface area contributed by atoms with Crippen molar-refractivity contribution in [3.05, 3.63) is 54.9 Å². The molecule has 0 atom stereocenters. The molecule has 3 heterocycles. The molecule has 0 bridgehead atoms. The Hall–Kier alpha value is -3.11. The quantitative estimate of drug-likeness (QED) is 0.370. The SMILES string of the molecule is O=C(CSc1nnc(-c2ccncc2)n1C1CCCCC1)Nc1nnc(-c2ccccc2)s1. The van der Waals surface area contributed by atoms with E-state index >= 15 is 0 Å². The van der Waals surface area contributed by atoms with Gasteiger partial charge in [0, 0.05) is 29.6 Å². The van der Waals surface area contributed by atoms with Crippen LogP contribution in [0, 0.1) is 0 Å². The second kappa shape index (κ2) is 10.2. The standard InChI is InChI=1S/C23H23N7OS2/c31-19(25-22-28-27-21(33-22)17-7-3-1-4-8-17)15-32-23-29-26-20(16-11-13-24-14-12-16)30(23)18-9-5-2-6-10-18/h1,3-4,7-8,11-14,18H,2,5-6,9-10,15H2,(H,25,28,31). The Morgan fingerprint density at radius 3 is 2.55 bits per heavy atom. The summed E-state index contributed by atoms with van der Waals surface area (Å²) in [6, 6.07) is 14.0. The molecule has 1 aliphatic carbocycles. The molecule has 1 fully saturated rings. The molecule has 1 aromatic carbocycles. The van der Waals surface area contributed by atoms with E-state index in [9.17, 15) is 4.79 Å². The van der Waals surface area contributed by atoms with Crippen molar-refractivity contribution < 1.29 is 4.79 Å². The third-order valence-electron chi connectivity index (χ3n) is 5.57. The van der Waals surface area contributed by atoms with Crippen molar-refractivity contribution in [1.29, 1.82) is 0 Å². The van der Waals surface area contributed by atoms with Gasteiger partial charge in [-0.3, -0.25) is 19.7 Å². The average Bonchev–Trinajstić information content (AvgIpc) is 3.52. The number of aromatic nitrogens is 6. The Balaban J connectivity index is 1.29. The van der Waals surface area contributed by atoms with Crippen molar-refractivity contribution in [3.63, 3.8) is 0 Å². The molecule has 4 aromatic rings. The highest BCUT2D eigenvalue weighted by Gasteiger charge is 2.24. The second-order valence-electron chi connectivity index (χ2n) is 7.82. The van der Waals surface area contributed by atoms with Crippen molar-refractivity contribution in [2.75, 3.05) is 11.1 Å². The Kier molecular flexibility index (Phi) is 6.73. The van der Waals surface area contributed by atoms with E-state index in [1.165, 1.54) is 42.4 Å². The molecule has 1 aliphatic rings. The predicted molar refractivity (Wildman–Crippen MR) is 130 cm³/mol. The lowest BCUT2D eigenvalue weighted by Crippen LogP contribution is -2.17. The maximum absolute atomic E-state index is 12.6. The lowest BCUT2D eigenvalue weighted by atomic mass is 9.95. The highest BCUT2D eigenvalue weighted by molar-refractivity contribution is 7.99. The topological polar surface area (TPSA) is 98.5 Å². The third kappa shape index (κ3) is 5.12. The van der Waals surface area contributed by atoms with Crippen LogP contribution in [0.2, 0.25) is 0 Å². The summed E-state index contributed by atoms with van der Waals surface area (Å²) in [5.74, 6) is 0.921. The van der Waals surface area contributed by atoms with Crippen LogP contribution in [-0.2, 0) is 4.79 Å². The molecule has 1 amide bonds. The number of amides is 1. The number of thioether (sulfide) groups is 1. The average molecular weight is 478 g/mol. The number of hydrogen-bond acceptors (Lipinski definition) is 8. The normalized spacial score (nSPS) is 14.3. The fourth-order valence-corrected chi connectivity index (χ4v) is 5.57. The van der Waals surface area contributed by atoms with Gasteiger partial charge in [-0.2, -0.15) is 0 Å². The van der Waals surface area contributed by atoms with Gasteiger partial charge in [0.1, 0.15) is 5.01 Å². The third-order valence-corrected chi connectivity index (χ3v) is 7.40. The van der Waals surface area contributed by atoms with Crippen LogP contribution < -0.4 is 5.32 Å². The van der Waals surface area contributed by atoms with Gasteiger partial charge in [-0.1, -0.05) is 72.7 Å². The van der Waals surface area contributed by atoms with Gasteiger partial charge in [-0.25, -0.2) is 0 Å². The molecule has 3 aromatic heterocycles. The maximum atomic E-state index is 12.6. The molecule has 8 nitrogen and oxygen atoms in total. The fraction of sp³-hybridized carbons (Fsp3) is 0.304. The Morgan fingerprint density at radius 2 is 1.76 bits per heavy atom. The van der Waals surface area contributed by atoms with Crippen LogP contribution in [0.3, 0.4) is 0 Å². The van der Waals surface area contributed by atoms with E-state index in [0.29, 0.717) is 11.2 Å². The largest absolute Gasteiger partial charge is 0.300 e. The zero-order valence-corrected chi connectivity index (χ0v) is 19.6. The molecule has 1 saturated carbocycles. The van der Waals surface area contributed by atoms with E-state index in [1.54, 1.807) is 12.4 Å². The van der Waals surface area contributed by atoms with Gasteiger partial charge in [0.15, 0.2) is 11.0 Å². The summed E-state index contributed by atoms with van der Waals surface area (Å²) >= 11 is 2.77. The summed E-state index contributed by atoms with van der Waals surface area (Å²) in [4.78, 5) is 16.8. The summed E-state index contributed by atoms with van der Waals surface area (Å²) < 4.78 is 2.21. The fourth-order valence-electron chi connectivity index (χ4n) is 4.00. The summed E-state index contributed by atoms with van der Waals surface area (Å²) in [5.41, 5.74) is 1.97. The smallest absolute Gasteiger partial charge is 0.236 e. The van der Waals surface area contributed by atoms with Crippen molar-refractivity contribution in [2.24, 2.45) is 0 Å². The first-order chi connectivity index (χ1) is 16.3. The minimum absolute atomic E-state index is 0.139. The van der Waals surface area contributed by atoms with Crippen LogP contribution in [0.4, 0.5) is 5.13 Å². The van der Waals surface area contributed by atoms with E-state index in [2.05, 4.69) is 35.3 Å². The molecule has 168 valence electrons. The first-order valence-electron chi connectivity index (χ1n) is 10.9. The highest BCUT2D eigenvalue weighted by atomic mass is 32.2.